The molecule has 0 spiro atoms. The van der Waals surface area contributed by atoms with Crippen molar-refractivity contribution in [1.29, 1.82) is 0 Å². The van der Waals surface area contributed by atoms with Crippen LogP contribution >= 0.6 is 0 Å². The Morgan fingerprint density at radius 2 is 2.36 bits per heavy atom. The number of rotatable bonds is 4. The third-order valence-corrected chi connectivity index (χ3v) is 1.49. The van der Waals surface area contributed by atoms with Gasteiger partial charge in [-0.1, -0.05) is 6.92 Å². The maximum absolute atomic E-state index is 11.7. The molecule has 5 nitrogen and oxygen atoms in total. The van der Waals surface area contributed by atoms with Crippen LogP contribution in [0.4, 0.5) is 8.78 Å². The van der Waals surface area contributed by atoms with Crippen molar-refractivity contribution in [3.8, 4) is 0 Å². The topological polar surface area (TPSA) is 70.7 Å². The normalized spacial score (nSPS) is 10.6. The number of nitrogens with zero attached hydrogens (tertiary/aromatic N) is 2. The van der Waals surface area contributed by atoms with Gasteiger partial charge in [-0.25, -0.2) is 13.8 Å². The van der Waals surface area contributed by atoms with Crippen LogP contribution < -0.4 is 5.32 Å². The lowest BCUT2D eigenvalue weighted by Gasteiger charge is -1.99. The Hall–Kier alpha value is -1.53. The summed E-state index contributed by atoms with van der Waals surface area (Å²) in [6, 6.07) is 0. The summed E-state index contributed by atoms with van der Waals surface area (Å²) in [5, 5.41) is 8.09. The van der Waals surface area contributed by atoms with Crippen LogP contribution in [0.25, 0.3) is 0 Å². The van der Waals surface area contributed by atoms with Crippen molar-refractivity contribution in [1.82, 2.24) is 20.5 Å². The lowest BCUT2D eigenvalue weighted by Crippen LogP contribution is -2.29. The van der Waals surface area contributed by atoms with Gasteiger partial charge in [-0.15, -0.1) is 5.10 Å². The highest BCUT2D eigenvalue weighted by Crippen LogP contribution is 1.94. The van der Waals surface area contributed by atoms with Crippen molar-refractivity contribution in [2.24, 2.45) is 0 Å². The minimum atomic E-state index is -2.57. The quantitative estimate of drug-likeness (QED) is 0.744. The largest absolute Gasteiger partial charge is 0.344 e. The number of carbonyl (C=O) groups is 1. The molecule has 78 valence electrons. The first-order valence-electron chi connectivity index (χ1n) is 4.11. The molecule has 0 saturated heterocycles. The lowest BCUT2D eigenvalue weighted by molar-refractivity contribution is 0.0882. The number of hydrogen-bond acceptors (Lipinski definition) is 3. The summed E-state index contributed by atoms with van der Waals surface area (Å²) in [5.74, 6) is -0.254. The molecule has 14 heavy (non-hydrogen) atoms. The third-order valence-electron chi connectivity index (χ3n) is 1.49. The molecule has 0 aliphatic carbocycles. The Balaban J connectivity index is 2.52. The van der Waals surface area contributed by atoms with E-state index < -0.39 is 18.9 Å². The van der Waals surface area contributed by atoms with Crippen LogP contribution in [0.5, 0.6) is 0 Å². The smallest absolute Gasteiger partial charge is 0.291 e. The molecule has 0 radical (unpaired) electrons. The van der Waals surface area contributed by atoms with Crippen LogP contribution in [0.2, 0.25) is 0 Å². The zero-order chi connectivity index (χ0) is 10.6. The molecule has 2 N–H and O–H groups in total. The molecule has 0 unspecified atom stereocenters. The molecule has 1 aromatic heterocycles. The van der Waals surface area contributed by atoms with Gasteiger partial charge in [0.05, 0.1) is 6.54 Å². The minimum Gasteiger partial charge on any atom is -0.344 e. The molecule has 0 aliphatic heterocycles. The van der Waals surface area contributed by atoms with Gasteiger partial charge >= 0.3 is 0 Å². The first kappa shape index (κ1) is 10.6. The molecular formula is C7H10F2N4O. The fourth-order valence-electron chi connectivity index (χ4n) is 0.804. The Kier molecular flexibility index (Phi) is 3.49. The SMILES string of the molecule is CCc1nc(C(=O)NCC(F)F)n[nH]1. The number of halogens is 2. The van der Waals surface area contributed by atoms with Gasteiger partial charge in [0.2, 0.25) is 5.82 Å². The minimum absolute atomic E-state index is 0.109. The van der Waals surface area contributed by atoms with Crippen LogP contribution in [-0.2, 0) is 6.42 Å². The van der Waals surface area contributed by atoms with Gasteiger partial charge in [0.25, 0.3) is 12.3 Å². The molecule has 1 heterocycles. The molecule has 0 bridgehead atoms. The van der Waals surface area contributed by atoms with Gasteiger partial charge in [0, 0.05) is 6.42 Å². The molecule has 0 atom stereocenters. The summed E-state index contributed by atoms with van der Waals surface area (Å²) >= 11 is 0. The van der Waals surface area contributed by atoms with E-state index in [1.54, 1.807) is 0 Å². The number of carbonyl (C=O) groups excluding carboxylic acids is 1. The molecule has 7 heteroatoms. The summed E-state index contributed by atoms with van der Waals surface area (Å²) in [6.07, 6.45) is -1.96. The predicted molar refractivity (Wildman–Crippen MR) is 44.1 cm³/mol. The zero-order valence-corrected chi connectivity index (χ0v) is 7.55. The second kappa shape index (κ2) is 4.64. The summed E-state index contributed by atoms with van der Waals surface area (Å²) in [6.45, 7) is 1.15. The van der Waals surface area contributed by atoms with E-state index in [2.05, 4.69) is 15.2 Å². The predicted octanol–water partition coefficient (Wildman–Crippen LogP) is 0.362. The Morgan fingerprint density at radius 3 is 2.86 bits per heavy atom. The van der Waals surface area contributed by atoms with Crippen LogP contribution in [0, 0.1) is 0 Å². The highest BCUT2D eigenvalue weighted by molar-refractivity contribution is 5.90. The van der Waals surface area contributed by atoms with Gasteiger partial charge in [0.15, 0.2) is 0 Å². The number of aryl methyl sites for hydroxylation is 1. The number of alkyl halides is 2. The van der Waals surface area contributed by atoms with Gasteiger partial charge in [-0.3, -0.25) is 9.89 Å². The second-order valence-electron chi connectivity index (χ2n) is 2.56. The first-order chi connectivity index (χ1) is 6.63. The van der Waals surface area contributed by atoms with E-state index in [-0.39, 0.29) is 5.82 Å². The zero-order valence-electron chi connectivity index (χ0n) is 7.55. The lowest BCUT2D eigenvalue weighted by atomic mass is 10.4. The summed E-state index contributed by atoms with van der Waals surface area (Å²) in [7, 11) is 0. The summed E-state index contributed by atoms with van der Waals surface area (Å²) in [5.41, 5.74) is 0. The molecule has 1 amide bonds. The van der Waals surface area contributed by atoms with E-state index >= 15 is 0 Å². The van der Waals surface area contributed by atoms with E-state index in [9.17, 15) is 13.6 Å². The van der Waals surface area contributed by atoms with Crippen molar-refractivity contribution >= 4 is 5.91 Å². The average molecular weight is 204 g/mol. The maximum Gasteiger partial charge on any atom is 0.291 e. The van der Waals surface area contributed by atoms with Crippen molar-refractivity contribution in [3.05, 3.63) is 11.6 Å². The van der Waals surface area contributed by atoms with Crippen molar-refractivity contribution in [3.63, 3.8) is 0 Å². The molecule has 0 saturated carbocycles. The van der Waals surface area contributed by atoms with Gasteiger partial charge < -0.3 is 5.32 Å². The van der Waals surface area contributed by atoms with Crippen molar-refractivity contribution in [2.45, 2.75) is 19.8 Å². The van der Waals surface area contributed by atoms with E-state index in [4.69, 9.17) is 0 Å². The van der Waals surface area contributed by atoms with Crippen molar-refractivity contribution < 1.29 is 13.6 Å². The molecule has 0 aromatic carbocycles. The van der Waals surface area contributed by atoms with Crippen LogP contribution in [-0.4, -0.2) is 34.1 Å². The number of amides is 1. The third kappa shape index (κ3) is 2.75. The van der Waals surface area contributed by atoms with Gasteiger partial charge in [-0.05, 0) is 0 Å². The monoisotopic (exact) mass is 204 g/mol. The van der Waals surface area contributed by atoms with Crippen LogP contribution in [0.3, 0.4) is 0 Å². The van der Waals surface area contributed by atoms with Crippen LogP contribution in [0.15, 0.2) is 0 Å². The Bertz CT molecular complexity index is 312. The number of nitrogens with one attached hydrogen (secondary N) is 2. The fraction of sp³-hybridized carbons (Fsp3) is 0.571. The number of aromatic nitrogens is 3. The average Bonchev–Trinajstić information content (AvgIpc) is 2.62. The van der Waals surface area contributed by atoms with Gasteiger partial charge in [0.1, 0.15) is 5.82 Å². The maximum atomic E-state index is 11.7. The second-order valence-corrected chi connectivity index (χ2v) is 2.56. The first-order valence-corrected chi connectivity index (χ1v) is 4.11. The molecular weight excluding hydrogens is 194 g/mol. The number of aromatic amines is 1. The standard InChI is InChI=1S/C7H10F2N4O/c1-2-5-11-6(13-12-5)7(14)10-3-4(8)9/h4H,2-3H2,1H3,(H,10,14)(H,11,12,13). The fourth-order valence-corrected chi connectivity index (χ4v) is 0.804. The Labute approximate surface area is 78.9 Å². The highest BCUT2D eigenvalue weighted by Gasteiger charge is 2.13. The molecule has 0 fully saturated rings. The summed E-state index contributed by atoms with van der Waals surface area (Å²) in [4.78, 5) is 14.9. The number of H-pyrrole nitrogens is 1. The summed E-state index contributed by atoms with van der Waals surface area (Å²) < 4.78 is 23.4. The number of hydrogen-bond donors (Lipinski definition) is 2. The van der Waals surface area contributed by atoms with E-state index in [0.717, 1.165) is 0 Å². The molecule has 1 rings (SSSR count). The highest BCUT2D eigenvalue weighted by atomic mass is 19.3. The van der Waals surface area contributed by atoms with E-state index in [0.29, 0.717) is 12.2 Å². The molecule has 0 aliphatic rings. The van der Waals surface area contributed by atoms with E-state index in [1.807, 2.05) is 12.2 Å². The van der Waals surface area contributed by atoms with Gasteiger partial charge in [-0.2, -0.15) is 0 Å². The van der Waals surface area contributed by atoms with Crippen LogP contribution in [0.1, 0.15) is 23.4 Å². The van der Waals surface area contributed by atoms with E-state index in [1.165, 1.54) is 0 Å². The molecule has 1 aromatic rings. The van der Waals surface area contributed by atoms with Crippen molar-refractivity contribution in [2.75, 3.05) is 6.54 Å². The Morgan fingerprint density at radius 1 is 1.64 bits per heavy atom.